The zero-order valence-electron chi connectivity index (χ0n) is 58.0. The van der Waals surface area contributed by atoms with Gasteiger partial charge < -0.3 is 46.0 Å². The topological polar surface area (TPSA) is 203 Å². The molecular weight excluding hydrogens is 1370 g/mol. The van der Waals surface area contributed by atoms with E-state index in [1.54, 1.807) is 24.5 Å². The van der Waals surface area contributed by atoms with Crippen molar-refractivity contribution in [2.45, 2.75) is 49.4 Å². The Bertz CT molecular complexity index is 5410. The van der Waals surface area contributed by atoms with Gasteiger partial charge >= 0.3 is 6.09 Å². The quantitative estimate of drug-likeness (QED) is 0.0370. The molecule has 0 aliphatic rings. The van der Waals surface area contributed by atoms with Crippen LogP contribution < -0.4 is 16.4 Å². The Kier molecular flexibility index (Phi) is 26.4. The number of amides is 1. The number of aromatic amines is 5. The number of methoxy groups -OCH3 is 1. The van der Waals surface area contributed by atoms with Gasteiger partial charge in [-0.2, -0.15) is 10.5 Å². The van der Waals surface area contributed by atoms with Crippen LogP contribution in [0.25, 0.3) is 60.1 Å². The molecule has 0 fully saturated rings. The Morgan fingerprint density at radius 3 is 1.20 bits per heavy atom. The summed E-state index contributed by atoms with van der Waals surface area (Å²) in [6.07, 6.45) is 13.2. The first kappa shape index (κ1) is 74.7. The van der Waals surface area contributed by atoms with E-state index >= 15 is 0 Å². The number of hydrogen-bond donors (Lipinski definition) is 8. The van der Waals surface area contributed by atoms with Crippen molar-refractivity contribution in [2.24, 2.45) is 5.73 Å². The number of carbonyl (C=O) groups is 1. The van der Waals surface area contributed by atoms with E-state index in [1.807, 2.05) is 177 Å². The van der Waals surface area contributed by atoms with Crippen LogP contribution in [0.1, 0.15) is 105 Å². The van der Waals surface area contributed by atoms with Gasteiger partial charge in [0.25, 0.3) is 0 Å². The van der Waals surface area contributed by atoms with Crippen molar-refractivity contribution in [2.75, 3.05) is 33.8 Å². The van der Waals surface area contributed by atoms with Gasteiger partial charge in [0.05, 0.1) is 61.9 Å². The summed E-state index contributed by atoms with van der Waals surface area (Å²) in [5, 5.41) is 31.2. The molecule has 105 heavy (non-hydrogen) atoms. The predicted octanol–water partition coefficient (Wildman–Crippen LogP) is 22.2. The maximum absolute atomic E-state index is 14.1. The highest BCUT2D eigenvalue weighted by atomic mass is 35.5. The molecule has 0 aliphatic heterocycles. The number of nitriles is 2. The first-order valence-electron chi connectivity index (χ1n) is 34.6. The molecule has 4 unspecified atom stereocenters. The number of nitrogens with one attached hydrogen (secondary N) is 7. The number of fused-ring (bicyclic) bond motifs is 5. The van der Waals surface area contributed by atoms with E-state index in [-0.39, 0.29) is 29.4 Å². The third-order valence-corrected chi connectivity index (χ3v) is 19.4. The number of benzene rings is 10. The van der Waals surface area contributed by atoms with Crippen LogP contribution in [0.3, 0.4) is 0 Å². The number of H-pyrrole nitrogens is 5. The van der Waals surface area contributed by atoms with Crippen molar-refractivity contribution in [3.05, 3.63) is 362 Å². The second-order valence-electron chi connectivity index (χ2n) is 25.1. The van der Waals surface area contributed by atoms with Gasteiger partial charge in [-0.15, -0.1) is 0 Å². The number of hydrogen-bond acceptors (Lipinski definition) is 6. The van der Waals surface area contributed by atoms with Crippen LogP contribution in [0.4, 0.5) is 13.6 Å². The van der Waals surface area contributed by atoms with Crippen LogP contribution in [0.2, 0.25) is 15.1 Å². The molecular formula is C88H79Cl3F2N10O2. The summed E-state index contributed by atoms with van der Waals surface area (Å²) >= 11 is 19.1. The lowest BCUT2D eigenvalue weighted by Gasteiger charge is -2.19. The number of rotatable bonds is 19. The van der Waals surface area contributed by atoms with Gasteiger partial charge in [-0.1, -0.05) is 186 Å². The van der Waals surface area contributed by atoms with Crippen LogP contribution in [-0.2, 0) is 4.74 Å². The zero-order chi connectivity index (χ0) is 73.4. The van der Waals surface area contributed by atoms with Crippen molar-refractivity contribution < 1.29 is 18.3 Å². The first-order valence-corrected chi connectivity index (χ1v) is 35.7. The number of allylic oxidation sites excluding steroid dienone is 1. The molecule has 5 aromatic heterocycles. The van der Waals surface area contributed by atoms with Crippen LogP contribution in [-0.4, -0.2) is 64.8 Å². The van der Waals surface area contributed by atoms with E-state index in [2.05, 4.69) is 131 Å². The number of nitrogens with two attached hydrogens (primary N) is 1. The SMILES string of the molecule is CNCCC(c1ccccc1)c1cc(Cl)c2[nH]ccc2c1.COC(=O)NCCC(c1ccccc1)c1cc(Cl)c2[nH]ccc2c1.N#C/C=C(/c1ccccc1)c1cc(Cl)c2[nH]ccc2c1.N#CCC(c1ccccc1)c1cc(F)c2[nH]ccc2c1.NCCC(c1ccccc1)c1cc(F)c2[nH]ccc2c1. The fraction of sp³-hybridized carbons (Fsp3) is 0.148. The molecule has 17 heteroatoms. The van der Waals surface area contributed by atoms with Gasteiger partial charge in [-0.3, -0.25) is 0 Å². The molecule has 15 aromatic rings. The van der Waals surface area contributed by atoms with Crippen molar-refractivity contribution in [1.29, 1.82) is 10.5 Å². The number of halogens is 5. The van der Waals surface area contributed by atoms with E-state index in [0.29, 0.717) is 46.5 Å². The summed E-state index contributed by atoms with van der Waals surface area (Å²) in [5.41, 5.74) is 21.4. The molecule has 9 N–H and O–H groups in total. The molecule has 10 aromatic carbocycles. The minimum Gasteiger partial charge on any atom is -0.453 e. The average Bonchev–Trinajstić information content (AvgIpc) is 1.76. The van der Waals surface area contributed by atoms with E-state index < -0.39 is 6.09 Å². The first-order chi connectivity index (χ1) is 51.4. The summed E-state index contributed by atoms with van der Waals surface area (Å²) in [7, 11) is 3.36. The zero-order valence-corrected chi connectivity index (χ0v) is 60.3. The van der Waals surface area contributed by atoms with Crippen molar-refractivity contribution in [3.8, 4) is 12.1 Å². The fourth-order valence-corrected chi connectivity index (χ4v) is 14.2. The van der Waals surface area contributed by atoms with Crippen molar-refractivity contribution in [1.82, 2.24) is 35.6 Å². The van der Waals surface area contributed by atoms with E-state index in [9.17, 15) is 13.6 Å². The minimum atomic E-state index is -0.416. The highest BCUT2D eigenvalue weighted by Gasteiger charge is 2.21. The largest absolute Gasteiger partial charge is 0.453 e. The summed E-state index contributed by atoms with van der Waals surface area (Å²) < 4.78 is 32.9. The third kappa shape index (κ3) is 19.1. The molecule has 0 radical (unpaired) electrons. The smallest absolute Gasteiger partial charge is 0.406 e. The normalized spacial score (nSPS) is 12.2. The molecule has 5 heterocycles. The molecule has 0 saturated carbocycles. The van der Waals surface area contributed by atoms with Gasteiger partial charge in [-0.05, 0) is 192 Å². The maximum Gasteiger partial charge on any atom is 0.406 e. The highest BCUT2D eigenvalue weighted by molar-refractivity contribution is 6.36. The molecule has 15 rings (SSSR count). The fourth-order valence-electron chi connectivity index (χ4n) is 13.4. The molecule has 12 nitrogen and oxygen atoms in total. The van der Waals surface area contributed by atoms with Gasteiger partial charge in [-0.25, -0.2) is 13.6 Å². The van der Waals surface area contributed by atoms with Crippen molar-refractivity contribution >= 4 is 101 Å². The molecule has 4 atom stereocenters. The minimum absolute atomic E-state index is 0.102. The van der Waals surface area contributed by atoms with E-state index in [0.717, 1.165) is 108 Å². The van der Waals surface area contributed by atoms with Gasteiger partial charge in [0.15, 0.2) is 0 Å². The number of ether oxygens (including phenoxy) is 1. The second-order valence-corrected chi connectivity index (χ2v) is 26.3. The van der Waals surface area contributed by atoms with Gasteiger partial charge in [0.1, 0.15) is 11.6 Å². The van der Waals surface area contributed by atoms with Crippen LogP contribution in [0.15, 0.2) is 280 Å². The summed E-state index contributed by atoms with van der Waals surface area (Å²) in [6, 6.07) is 84.2. The molecule has 1 amide bonds. The Morgan fingerprint density at radius 2 is 0.800 bits per heavy atom. The summed E-state index contributed by atoms with van der Waals surface area (Å²) in [4.78, 5) is 26.6. The average molecular weight is 1450 g/mol. The predicted molar refractivity (Wildman–Crippen MR) is 426 cm³/mol. The summed E-state index contributed by atoms with van der Waals surface area (Å²) in [6.45, 7) is 2.07. The lowest BCUT2D eigenvalue weighted by atomic mass is 9.88. The summed E-state index contributed by atoms with van der Waals surface area (Å²) in [5.74, 6) is 0.0439. The number of carbonyl (C=O) groups excluding carboxylic acids is 1. The Labute approximate surface area is 624 Å². The number of nitrogens with zero attached hydrogens (tertiary/aromatic N) is 2. The third-order valence-electron chi connectivity index (χ3n) is 18.5. The molecule has 0 spiro atoms. The van der Waals surface area contributed by atoms with Crippen LogP contribution in [0.5, 0.6) is 0 Å². The van der Waals surface area contributed by atoms with Gasteiger partial charge in [0.2, 0.25) is 0 Å². The standard InChI is InChI=1S/C19H19ClN2O2.C18H19ClN2.C17H11ClN2.C17H17FN2.C17H13FN2/c1-24-19(23)22-10-8-16(13-5-3-2-4-6-13)15-11-14-7-9-21-18(14)17(20)12-15;1-20-9-8-16(13-5-3-2-4-6-13)15-11-14-7-10-21-18(14)17(19)12-15;3*18-16-11-14(10-13-7-9-20-17(13)16)15(6-8-19)12-4-2-1-3-5-12/h2-7,9,11-12,16,21H,8,10H2,1H3,(H,22,23);2-7,10-12,16,20-21H,8-9H2,1H3;1-7,9-11,20H;1-5,7,9-11,15,20H,6,8,19H2;1-5,7,9-11,15,20H,6H2/b;;15-6-;;. The highest BCUT2D eigenvalue weighted by Crippen LogP contribution is 2.38. The van der Waals surface area contributed by atoms with E-state index in [4.69, 9.17) is 51.1 Å². The molecule has 0 saturated heterocycles. The molecule has 528 valence electrons. The molecule has 0 aliphatic carbocycles. The second kappa shape index (κ2) is 37.1. The Hall–Kier alpha value is -11.5. The monoisotopic (exact) mass is 1450 g/mol. The maximum atomic E-state index is 14.1. The van der Waals surface area contributed by atoms with Crippen molar-refractivity contribution in [3.63, 3.8) is 0 Å². The van der Waals surface area contributed by atoms with E-state index in [1.165, 1.54) is 40.8 Å². The lowest BCUT2D eigenvalue weighted by molar-refractivity contribution is 0.171. The molecule has 0 bridgehead atoms. The van der Waals surface area contributed by atoms with Crippen LogP contribution >= 0.6 is 34.8 Å². The van der Waals surface area contributed by atoms with Gasteiger partial charge in [0, 0.05) is 101 Å². The number of aromatic nitrogens is 5. The van der Waals surface area contributed by atoms with Crippen LogP contribution in [0, 0.1) is 34.3 Å². The lowest BCUT2D eigenvalue weighted by Crippen LogP contribution is -2.25. The Balaban J connectivity index is 0.000000131. The Morgan fingerprint density at radius 1 is 0.448 bits per heavy atom. The number of alkyl carbamates (subject to hydrolysis) is 1.